The first-order valence-electron chi connectivity index (χ1n) is 7.06. The van der Waals surface area contributed by atoms with Crippen LogP contribution in [0, 0.1) is 6.92 Å². The van der Waals surface area contributed by atoms with E-state index >= 15 is 0 Å². The van der Waals surface area contributed by atoms with Crippen molar-refractivity contribution in [1.82, 2.24) is 10.6 Å². The van der Waals surface area contributed by atoms with Gasteiger partial charge in [-0.1, -0.05) is 42.5 Å². The highest BCUT2D eigenvalue weighted by Gasteiger charge is 2.06. The Morgan fingerprint density at radius 1 is 0.909 bits per heavy atom. The smallest absolute Gasteiger partial charge is 0.319 e. The summed E-state index contributed by atoms with van der Waals surface area (Å²) in [5, 5.41) is 7.95. The van der Waals surface area contributed by atoms with Crippen LogP contribution in [0.5, 0.6) is 0 Å². The van der Waals surface area contributed by atoms with Crippen molar-refractivity contribution < 1.29 is 9.59 Å². The molecule has 2 aromatic carbocycles. The Morgan fingerprint density at radius 3 is 2.32 bits per heavy atom. The summed E-state index contributed by atoms with van der Waals surface area (Å²) in [5.74, 6) is -0.230. The zero-order valence-electron chi connectivity index (χ0n) is 12.4. The quantitative estimate of drug-likeness (QED) is 0.793. The molecule has 0 unspecified atom stereocenters. The number of nitrogens with one attached hydrogen (secondary N) is 3. The third-order valence-corrected chi connectivity index (χ3v) is 3.18. The van der Waals surface area contributed by atoms with E-state index in [4.69, 9.17) is 0 Å². The van der Waals surface area contributed by atoms with Crippen molar-refractivity contribution in [3.8, 4) is 0 Å². The maximum absolute atomic E-state index is 11.7. The molecule has 0 atom stereocenters. The average molecular weight is 297 g/mol. The van der Waals surface area contributed by atoms with E-state index in [1.807, 2.05) is 49.4 Å². The van der Waals surface area contributed by atoms with Gasteiger partial charge in [0.05, 0.1) is 6.54 Å². The number of carbonyl (C=O) groups excluding carboxylic acids is 2. The van der Waals surface area contributed by atoms with Gasteiger partial charge in [-0.15, -0.1) is 0 Å². The molecule has 3 amide bonds. The van der Waals surface area contributed by atoms with Gasteiger partial charge in [0.15, 0.2) is 0 Å². The third kappa shape index (κ3) is 4.94. The minimum absolute atomic E-state index is 0.0649. The molecule has 2 aromatic rings. The monoisotopic (exact) mass is 297 g/mol. The van der Waals surface area contributed by atoms with E-state index < -0.39 is 6.03 Å². The number of anilines is 1. The molecule has 0 saturated heterocycles. The van der Waals surface area contributed by atoms with Crippen LogP contribution in [-0.2, 0) is 11.3 Å². The molecule has 5 heteroatoms. The molecule has 0 fully saturated rings. The summed E-state index contributed by atoms with van der Waals surface area (Å²) >= 11 is 0. The van der Waals surface area contributed by atoms with Crippen LogP contribution in [0.4, 0.5) is 10.5 Å². The summed E-state index contributed by atoms with van der Waals surface area (Å²) in [5.41, 5.74) is 2.86. The highest BCUT2D eigenvalue weighted by molar-refractivity contribution is 5.92. The minimum Gasteiger partial charge on any atom is -0.350 e. The molecule has 0 aliphatic carbocycles. The normalized spacial score (nSPS) is 9.86. The summed E-state index contributed by atoms with van der Waals surface area (Å²) in [6.07, 6.45) is 0. The van der Waals surface area contributed by atoms with Crippen molar-refractivity contribution in [2.24, 2.45) is 0 Å². The van der Waals surface area contributed by atoms with E-state index in [1.165, 1.54) is 0 Å². The number of urea groups is 1. The second-order valence-corrected chi connectivity index (χ2v) is 4.88. The molecule has 0 aliphatic rings. The molecule has 0 bridgehead atoms. The highest BCUT2D eigenvalue weighted by atomic mass is 16.2. The van der Waals surface area contributed by atoms with E-state index in [9.17, 15) is 9.59 Å². The number of hydrogen-bond acceptors (Lipinski definition) is 2. The lowest BCUT2D eigenvalue weighted by atomic mass is 10.1. The summed E-state index contributed by atoms with van der Waals surface area (Å²) in [6, 6.07) is 16.5. The van der Waals surface area contributed by atoms with Crippen LogP contribution < -0.4 is 16.0 Å². The lowest BCUT2D eigenvalue weighted by Gasteiger charge is -2.09. The molecule has 0 radical (unpaired) electrons. The Morgan fingerprint density at radius 2 is 1.59 bits per heavy atom. The fraction of sp³-hybridized carbons (Fsp3) is 0.176. The highest BCUT2D eigenvalue weighted by Crippen LogP contribution is 2.06. The maximum Gasteiger partial charge on any atom is 0.319 e. The van der Waals surface area contributed by atoms with Gasteiger partial charge in [-0.3, -0.25) is 4.79 Å². The van der Waals surface area contributed by atoms with Gasteiger partial charge in [0.1, 0.15) is 0 Å². The molecule has 0 aliphatic heterocycles. The first kappa shape index (κ1) is 15.6. The van der Waals surface area contributed by atoms with Crippen LogP contribution in [0.3, 0.4) is 0 Å². The first-order valence-corrected chi connectivity index (χ1v) is 7.06. The Labute approximate surface area is 129 Å². The molecular weight excluding hydrogens is 278 g/mol. The number of hydrogen-bond donors (Lipinski definition) is 3. The molecule has 0 saturated carbocycles. The van der Waals surface area contributed by atoms with Crippen LogP contribution in [0.2, 0.25) is 0 Å². The van der Waals surface area contributed by atoms with Crippen molar-refractivity contribution >= 4 is 17.6 Å². The van der Waals surface area contributed by atoms with Gasteiger partial charge in [0.25, 0.3) is 0 Å². The first-order chi connectivity index (χ1) is 10.6. The van der Waals surface area contributed by atoms with Gasteiger partial charge < -0.3 is 16.0 Å². The SMILES string of the molecule is Cc1ccccc1CNC(=O)CNC(=O)Nc1ccccc1. The Kier molecular flexibility index (Phi) is 5.54. The third-order valence-electron chi connectivity index (χ3n) is 3.18. The molecule has 0 aromatic heterocycles. The number of rotatable bonds is 5. The second kappa shape index (κ2) is 7.83. The lowest BCUT2D eigenvalue weighted by Crippen LogP contribution is -2.38. The van der Waals surface area contributed by atoms with Gasteiger partial charge in [0, 0.05) is 12.2 Å². The van der Waals surface area contributed by atoms with E-state index in [1.54, 1.807) is 12.1 Å². The van der Waals surface area contributed by atoms with E-state index in [2.05, 4.69) is 16.0 Å². The van der Waals surface area contributed by atoms with Crippen LogP contribution in [0.15, 0.2) is 54.6 Å². The topological polar surface area (TPSA) is 70.2 Å². The van der Waals surface area contributed by atoms with Gasteiger partial charge in [0.2, 0.25) is 5.91 Å². The zero-order valence-corrected chi connectivity index (χ0v) is 12.4. The lowest BCUT2D eigenvalue weighted by molar-refractivity contribution is -0.120. The van der Waals surface area contributed by atoms with Gasteiger partial charge in [-0.25, -0.2) is 4.79 Å². The van der Waals surface area contributed by atoms with Gasteiger partial charge in [-0.2, -0.15) is 0 Å². The molecule has 0 spiro atoms. The summed E-state index contributed by atoms with van der Waals surface area (Å²) in [4.78, 5) is 23.4. The molecule has 114 valence electrons. The Bertz CT molecular complexity index is 641. The fourth-order valence-electron chi connectivity index (χ4n) is 1.92. The average Bonchev–Trinajstić information content (AvgIpc) is 2.53. The maximum atomic E-state index is 11.7. The van der Waals surface area contributed by atoms with Crippen molar-refractivity contribution in [3.63, 3.8) is 0 Å². The summed E-state index contributed by atoms with van der Waals surface area (Å²) in [7, 11) is 0. The predicted molar refractivity (Wildman–Crippen MR) is 86.5 cm³/mol. The van der Waals surface area contributed by atoms with Crippen LogP contribution in [0.25, 0.3) is 0 Å². The molecular formula is C17H19N3O2. The summed E-state index contributed by atoms with van der Waals surface area (Å²) in [6.45, 7) is 2.38. The number of carbonyl (C=O) groups is 2. The van der Waals surface area contributed by atoms with Crippen molar-refractivity contribution in [3.05, 3.63) is 65.7 Å². The number of para-hydroxylation sites is 1. The summed E-state index contributed by atoms with van der Waals surface area (Å²) < 4.78 is 0. The Hall–Kier alpha value is -2.82. The predicted octanol–water partition coefficient (Wildman–Crippen LogP) is 2.43. The number of benzene rings is 2. The van der Waals surface area contributed by atoms with Crippen molar-refractivity contribution in [2.75, 3.05) is 11.9 Å². The van der Waals surface area contributed by atoms with Gasteiger partial charge in [-0.05, 0) is 30.2 Å². The van der Waals surface area contributed by atoms with E-state index in [0.29, 0.717) is 12.2 Å². The van der Waals surface area contributed by atoms with Crippen LogP contribution in [-0.4, -0.2) is 18.5 Å². The van der Waals surface area contributed by atoms with Crippen LogP contribution in [0.1, 0.15) is 11.1 Å². The largest absolute Gasteiger partial charge is 0.350 e. The zero-order chi connectivity index (χ0) is 15.8. The van der Waals surface area contributed by atoms with E-state index in [0.717, 1.165) is 11.1 Å². The van der Waals surface area contributed by atoms with Crippen LogP contribution >= 0.6 is 0 Å². The number of aryl methyl sites for hydroxylation is 1. The molecule has 5 nitrogen and oxygen atoms in total. The standard InChI is InChI=1S/C17H19N3O2/c1-13-7-5-6-8-14(13)11-18-16(21)12-19-17(22)20-15-9-3-2-4-10-15/h2-10H,11-12H2,1H3,(H,18,21)(H2,19,20,22). The molecule has 3 N–H and O–H groups in total. The molecule has 0 heterocycles. The Balaban J connectivity index is 1.71. The van der Waals surface area contributed by atoms with E-state index in [-0.39, 0.29) is 12.5 Å². The van der Waals surface area contributed by atoms with Crippen molar-refractivity contribution in [1.29, 1.82) is 0 Å². The number of amides is 3. The van der Waals surface area contributed by atoms with Gasteiger partial charge >= 0.3 is 6.03 Å². The minimum atomic E-state index is -0.405. The second-order valence-electron chi connectivity index (χ2n) is 4.88. The van der Waals surface area contributed by atoms with Crippen molar-refractivity contribution in [2.45, 2.75) is 13.5 Å². The fourth-order valence-corrected chi connectivity index (χ4v) is 1.92. The molecule has 22 heavy (non-hydrogen) atoms. The molecule has 2 rings (SSSR count).